The van der Waals surface area contributed by atoms with Gasteiger partial charge in [-0.25, -0.2) is 4.98 Å². The summed E-state index contributed by atoms with van der Waals surface area (Å²) in [7, 11) is 0. The van der Waals surface area contributed by atoms with Gasteiger partial charge in [0.1, 0.15) is 12.4 Å². The minimum atomic E-state index is 0.507. The summed E-state index contributed by atoms with van der Waals surface area (Å²) >= 11 is 3.69. The minimum absolute atomic E-state index is 0.507. The summed E-state index contributed by atoms with van der Waals surface area (Å²) in [6.45, 7) is 4.74. The van der Waals surface area contributed by atoms with E-state index >= 15 is 0 Å². The largest absolute Gasteiger partial charge is 0.490 e. The Balaban J connectivity index is 1.30. The quantitative estimate of drug-likeness (QED) is 0.250. The summed E-state index contributed by atoms with van der Waals surface area (Å²) in [6, 6.07) is 22.3. The van der Waals surface area contributed by atoms with Gasteiger partial charge in [-0.05, 0) is 55.3 Å². The van der Waals surface area contributed by atoms with E-state index in [0.717, 1.165) is 69.9 Å². The second-order valence-corrected chi connectivity index (χ2v) is 8.43. The number of imidazole rings is 1. The molecular weight excluding hydrogens is 466 g/mol. The first-order valence-corrected chi connectivity index (χ1v) is 11.8. The molecule has 4 rings (SSSR count). The van der Waals surface area contributed by atoms with Gasteiger partial charge in [0.2, 0.25) is 0 Å². The highest BCUT2D eigenvalue weighted by Crippen LogP contribution is 2.34. The molecule has 5 nitrogen and oxygen atoms in total. The molecule has 0 radical (unpaired) electrons. The van der Waals surface area contributed by atoms with E-state index in [2.05, 4.69) is 55.5 Å². The molecule has 0 aliphatic carbocycles. The van der Waals surface area contributed by atoms with Crippen molar-refractivity contribution < 1.29 is 9.47 Å². The van der Waals surface area contributed by atoms with Gasteiger partial charge < -0.3 is 19.8 Å². The number of halogens is 1. The predicted octanol–water partition coefficient (Wildman–Crippen LogP) is 6.03. The number of hydrogen-bond acceptors (Lipinski definition) is 4. The molecule has 3 aromatic carbocycles. The molecule has 0 bridgehead atoms. The maximum Gasteiger partial charge on any atom is 0.162 e. The molecule has 32 heavy (non-hydrogen) atoms. The number of nitrogens with zero attached hydrogens (tertiary/aromatic N) is 1. The van der Waals surface area contributed by atoms with E-state index in [1.807, 2.05) is 49.4 Å². The number of para-hydroxylation sites is 2. The Morgan fingerprint density at radius 3 is 2.56 bits per heavy atom. The summed E-state index contributed by atoms with van der Waals surface area (Å²) in [5.74, 6) is 2.55. The fourth-order valence-corrected chi connectivity index (χ4v) is 4.02. The lowest BCUT2D eigenvalue weighted by Crippen LogP contribution is -2.16. The van der Waals surface area contributed by atoms with Crippen molar-refractivity contribution in [2.24, 2.45) is 0 Å². The van der Waals surface area contributed by atoms with Crippen LogP contribution < -0.4 is 14.8 Å². The molecule has 2 N–H and O–H groups in total. The monoisotopic (exact) mass is 493 g/mol. The molecule has 0 saturated carbocycles. The molecule has 0 spiro atoms. The molecule has 166 valence electrons. The molecule has 4 aromatic rings. The zero-order chi connectivity index (χ0) is 22.2. The summed E-state index contributed by atoms with van der Waals surface area (Å²) in [4.78, 5) is 8.03. The van der Waals surface area contributed by atoms with Crippen molar-refractivity contribution >= 4 is 27.0 Å². The van der Waals surface area contributed by atoms with E-state index in [-0.39, 0.29) is 0 Å². The summed E-state index contributed by atoms with van der Waals surface area (Å²) in [5, 5.41) is 3.53. The molecule has 0 unspecified atom stereocenters. The standard InChI is InChI=1S/C26H28BrN3O2/c1-2-31-24-15-20(21(27)16-25(24)32-18-19-9-4-3-5-10-19)17-28-14-8-13-26-29-22-11-6-7-12-23(22)30-26/h3-7,9-12,15-16,28H,2,8,13-14,17-18H2,1H3,(H,29,30). The number of fused-ring (bicyclic) bond motifs is 1. The van der Waals surface area contributed by atoms with E-state index in [4.69, 9.17) is 9.47 Å². The number of hydrogen-bond donors (Lipinski definition) is 2. The van der Waals surface area contributed by atoms with E-state index in [1.54, 1.807) is 0 Å². The Bertz CT molecular complexity index is 1110. The number of aromatic nitrogens is 2. The molecule has 0 fully saturated rings. The van der Waals surface area contributed by atoms with Crippen LogP contribution in [0.25, 0.3) is 11.0 Å². The average Bonchev–Trinajstić information content (AvgIpc) is 3.23. The van der Waals surface area contributed by atoms with Gasteiger partial charge >= 0.3 is 0 Å². The normalized spacial score (nSPS) is 11.1. The van der Waals surface area contributed by atoms with Gasteiger partial charge in [-0.15, -0.1) is 0 Å². The minimum Gasteiger partial charge on any atom is -0.490 e. The van der Waals surface area contributed by atoms with Gasteiger partial charge in [0.05, 0.1) is 17.6 Å². The fourth-order valence-electron chi connectivity index (χ4n) is 3.56. The Kier molecular flexibility index (Phi) is 7.80. The van der Waals surface area contributed by atoms with Crippen LogP contribution in [0.4, 0.5) is 0 Å². The van der Waals surface area contributed by atoms with Crippen molar-refractivity contribution in [3.8, 4) is 11.5 Å². The number of aryl methyl sites for hydroxylation is 1. The Morgan fingerprint density at radius 2 is 1.75 bits per heavy atom. The van der Waals surface area contributed by atoms with Crippen LogP contribution in [0.15, 0.2) is 71.2 Å². The maximum atomic E-state index is 6.04. The summed E-state index contributed by atoms with van der Waals surface area (Å²) < 4.78 is 12.9. The third-order valence-electron chi connectivity index (χ3n) is 5.17. The topological polar surface area (TPSA) is 59.2 Å². The molecule has 0 aliphatic heterocycles. The van der Waals surface area contributed by atoms with Crippen LogP contribution in [-0.2, 0) is 19.6 Å². The van der Waals surface area contributed by atoms with Crippen LogP contribution in [0, 0.1) is 0 Å². The molecule has 0 saturated heterocycles. The SMILES string of the molecule is CCOc1cc(CNCCCc2nc3ccccc3[nH]2)c(Br)cc1OCc1ccccc1. The highest BCUT2D eigenvalue weighted by molar-refractivity contribution is 9.10. The van der Waals surface area contributed by atoms with E-state index in [9.17, 15) is 0 Å². The van der Waals surface area contributed by atoms with Gasteiger partial charge in [0, 0.05) is 17.4 Å². The first kappa shape index (κ1) is 22.4. The number of ether oxygens (including phenoxy) is 2. The number of aromatic amines is 1. The number of nitrogens with one attached hydrogen (secondary N) is 2. The van der Waals surface area contributed by atoms with Crippen molar-refractivity contribution in [1.82, 2.24) is 15.3 Å². The second kappa shape index (κ2) is 11.2. The highest BCUT2D eigenvalue weighted by atomic mass is 79.9. The van der Waals surface area contributed by atoms with Gasteiger partial charge in [0.15, 0.2) is 11.5 Å². The Labute approximate surface area is 197 Å². The van der Waals surface area contributed by atoms with Crippen LogP contribution in [0.5, 0.6) is 11.5 Å². The van der Waals surface area contributed by atoms with Crippen molar-refractivity contribution in [3.63, 3.8) is 0 Å². The Hall–Kier alpha value is -2.83. The van der Waals surface area contributed by atoms with Gasteiger partial charge in [-0.2, -0.15) is 0 Å². The van der Waals surface area contributed by atoms with E-state index in [1.165, 1.54) is 0 Å². The fraction of sp³-hybridized carbons (Fsp3) is 0.269. The first-order valence-electron chi connectivity index (χ1n) is 11.0. The van der Waals surface area contributed by atoms with Crippen LogP contribution in [0.3, 0.4) is 0 Å². The molecule has 0 amide bonds. The zero-order valence-corrected chi connectivity index (χ0v) is 19.8. The second-order valence-electron chi connectivity index (χ2n) is 7.58. The van der Waals surface area contributed by atoms with Crippen LogP contribution in [0.2, 0.25) is 0 Å². The van der Waals surface area contributed by atoms with Crippen molar-refractivity contribution in [2.75, 3.05) is 13.2 Å². The third-order valence-corrected chi connectivity index (χ3v) is 5.91. The third kappa shape index (κ3) is 5.90. The molecule has 0 atom stereocenters. The predicted molar refractivity (Wildman–Crippen MR) is 132 cm³/mol. The molecule has 0 aliphatic rings. The Morgan fingerprint density at radius 1 is 0.969 bits per heavy atom. The van der Waals surface area contributed by atoms with Crippen LogP contribution in [0.1, 0.15) is 30.3 Å². The van der Waals surface area contributed by atoms with E-state index < -0.39 is 0 Å². The number of rotatable bonds is 11. The number of H-pyrrole nitrogens is 1. The maximum absolute atomic E-state index is 6.04. The summed E-state index contributed by atoms with van der Waals surface area (Å²) in [6.07, 6.45) is 1.92. The zero-order valence-electron chi connectivity index (χ0n) is 18.2. The number of benzene rings is 3. The van der Waals surface area contributed by atoms with Crippen LogP contribution >= 0.6 is 15.9 Å². The van der Waals surface area contributed by atoms with Crippen LogP contribution in [-0.4, -0.2) is 23.1 Å². The molecule has 1 heterocycles. The van der Waals surface area contributed by atoms with Gasteiger partial charge in [-0.1, -0.05) is 58.4 Å². The molecule has 6 heteroatoms. The first-order chi connectivity index (χ1) is 15.7. The summed E-state index contributed by atoms with van der Waals surface area (Å²) in [5.41, 5.74) is 4.39. The molecular formula is C26H28BrN3O2. The smallest absolute Gasteiger partial charge is 0.162 e. The van der Waals surface area contributed by atoms with Gasteiger partial charge in [0.25, 0.3) is 0 Å². The van der Waals surface area contributed by atoms with Crippen molar-refractivity contribution in [3.05, 3.63) is 88.2 Å². The lowest BCUT2D eigenvalue weighted by atomic mass is 10.2. The van der Waals surface area contributed by atoms with Gasteiger partial charge in [-0.3, -0.25) is 0 Å². The lowest BCUT2D eigenvalue weighted by Gasteiger charge is -2.15. The van der Waals surface area contributed by atoms with Crippen molar-refractivity contribution in [2.45, 2.75) is 32.9 Å². The van der Waals surface area contributed by atoms with E-state index in [0.29, 0.717) is 13.2 Å². The lowest BCUT2D eigenvalue weighted by molar-refractivity contribution is 0.269. The van der Waals surface area contributed by atoms with Crippen molar-refractivity contribution in [1.29, 1.82) is 0 Å². The average molecular weight is 494 g/mol. The molecule has 1 aromatic heterocycles. The highest BCUT2D eigenvalue weighted by Gasteiger charge is 2.11.